The Morgan fingerprint density at radius 1 is 0.958 bits per heavy atom. The molecule has 1 aromatic heterocycles. The first-order valence-corrected chi connectivity index (χ1v) is 8.65. The van der Waals surface area contributed by atoms with Crippen LogP contribution in [0, 0.1) is 5.92 Å². The summed E-state index contributed by atoms with van der Waals surface area (Å²) in [6, 6.07) is 18.1. The summed E-state index contributed by atoms with van der Waals surface area (Å²) in [5, 5.41) is 0.680. The van der Waals surface area contributed by atoms with E-state index >= 15 is 0 Å². The molecular weight excluding hydrogens is 300 g/mol. The largest absolute Gasteiger partial charge is 0.376 e. The molecule has 2 heterocycles. The fraction of sp³-hybridized carbons (Fsp3) is 0.350. The van der Waals surface area contributed by atoms with Gasteiger partial charge < -0.3 is 4.52 Å². The van der Waals surface area contributed by atoms with E-state index in [1.807, 2.05) is 24.3 Å². The molecule has 1 fully saturated rings. The number of para-hydroxylation sites is 1. The topological polar surface area (TPSA) is 38.4 Å². The maximum absolute atomic E-state index is 12.4. The zero-order chi connectivity index (χ0) is 16.4. The van der Waals surface area contributed by atoms with Gasteiger partial charge in [0.25, 0.3) is 5.56 Å². The summed E-state index contributed by atoms with van der Waals surface area (Å²) in [5.74, 6) is 0.510. The van der Waals surface area contributed by atoms with E-state index in [4.69, 9.17) is 4.52 Å². The van der Waals surface area contributed by atoms with Crippen LogP contribution in [0.4, 0.5) is 0 Å². The van der Waals surface area contributed by atoms with Crippen molar-refractivity contribution in [3.05, 3.63) is 70.5 Å². The molecule has 124 valence electrons. The number of hydrogen-bond donors (Lipinski definition) is 0. The molecule has 0 N–H and O–H groups in total. The Hall–Kier alpha value is -2.33. The van der Waals surface area contributed by atoms with Crippen molar-refractivity contribution in [2.75, 3.05) is 13.1 Å². The Bertz CT molecular complexity index is 858. The van der Waals surface area contributed by atoms with E-state index in [1.165, 1.54) is 5.56 Å². The minimum atomic E-state index is -0.00249. The van der Waals surface area contributed by atoms with Crippen LogP contribution >= 0.6 is 0 Å². The third kappa shape index (κ3) is 3.15. The van der Waals surface area contributed by atoms with Crippen molar-refractivity contribution in [3.63, 3.8) is 0 Å². The number of fused-ring (bicyclic) bond motifs is 1. The van der Waals surface area contributed by atoms with E-state index in [9.17, 15) is 4.79 Å². The van der Waals surface area contributed by atoms with Gasteiger partial charge in [-0.3, -0.25) is 9.69 Å². The lowest BCUT2D eigenvalue weighted by Gasteiger charge is -2.31. The van der Waals surface area contributed by atoms with Crippen LogP contribution in [-0.4, -0.2) is 22.7 Å². The van der Waals surface area contributed by atoms with Crippen LogP contribution in [0.25, 0.3) is 11.0 Å². The summed E-state index contributed by atoms with van der Waals surface area (Å²) < 4.78 is 7.26. The van der Waals surface area contributed by atoms with Crippen molar-refractivity contribution in [3.8, 4) is 0 Å². The Labute approximate surface area is 141 Å². The highest BCUT2D eigenvalue weighted by Gasteiger charge is 2.21. The van der Waals surface area contributed by atoms with Crippen molar-refractivity contribution in [2.24, 2.45) is 5.92 Å². The highest BCUT2D eigenvalue weighted by Crippen LogP contribution is 2.21. The Balaban J connectivity index is 1.37. The number of piperidine rings is 1. The van der Waals surface area contributed by atoms with Gasteiger partial charge in [-0.05, 0) is 49.5 Å². The molecule has 0 bridgehead atoms. The van der Waals surface area contributed by atoms with Crippen molar-refractivity contribution < 1.29 is 4.52 Å². The van der Waals surface area contributed by atoms with E-state index in [2.05, 4.69) is 35.2 Å². The molecule has 0 radical (unpaired) electrons. The molecule has 0 aliphatic carbocycles. The molecule has 1 saturated heterocycles. The predicted octanol–water partition coefficient (Wildman–Crippen LogP) is 3.51. The van der Waals surface area contributed by atoms with Gasteiger partial charge in [-0.25, -0.2) is 0 Å². The van der Waals surface area contributed by atoms with Gasteiger partial charge >= 0.3 is 0 Å². The van der Waals surface area contributed by atoms with Crippen LogP contribution < -0.4 is 5.56 Å². The molecule has 0 spiro atoms. The zero-order valence-corrected chi connectivity index (χ0v) is 13.7. The summed E-state index contributed by atoms with van der Waals surface area (Å²) in [4.78, 5) is 14.9. The summed E-state index contributed by atoms with van der Waals surface area (Å²) in [7, 11) is 0. The fourth-order valence-corrected chi connectivity index (χ4v) is 3.54. The first-order valence-electron chi connectivity index (χ1n) is 8.65. The first-order chi connectivity index (χ1) is 11.8. The molecule has 4 rings (SSSR count). The fourth-order valence-electron chi connectivity index (χ4n) is 3.54. The van der Waals surface area contributed by atoms with Gasteiger partial charge in [-0.2, -0.15) is 4.74 Å². The summed E-state index contributed by atoms with van der Waals surface area (Å²) in [6.07, 6.45) is 2.21. The molecule has 24 heavy (non-hydrogen) atoms. The quantitative estimate of drug-likeness (QED) is 0.738. The molecule has 0 amide bonds. The molecule has 1 aliphatic rings. The van der Waals surface area contributed by atoms with Crippen molar-refractivity contribution in [2.45, 2.75) is 25.9 Å². The van der Waals surface area contributed by atoms with Gasteiger partial charge in [0.1, 0.15) is 0 Å². The van der Waals surface area contributed by atoms with Crippen LogP contribution in [0.3, 0.4) is 0 Å². The predicted molar refractivity (Wildman–Crippen MR) is 94.9 cm³/mol. The SMILES string of the molecule is O=c1c2ccccc2on1CC1CCN(Cc2ccccc2)CC1. The van der Waals surface area contributed by atoms with E-state index in [0.717, 1.165) is 32.5 Å². The van der Waals surface area contributed by atoms with Crippen LogP contribution in [0.15, 0.2) is 63.9 Å². The lowest BCUT2D eigenvalue weighted by atomic mass is 9.96. The first kappa shape index (κ1) is 15.2. The highest BCUT2D eigenvalue weighted by molar-refractivity contribution is 5.75. The Morgan fingerprint density at radius 2 is 1.67 bits per heavy atom. The second-order valence-corrected chi connectivity index (χ2v) is 6.66. The average molecular weight is 322 g/mol. The number of benzene rings is 2. The smallest absolute Gasteiger partial charge is 0.290 e. The molecule has 3 aromatic rings. The van der Waals surface area contributed by atoms with Gasteiger partial charge in [0.15, 0.2) is 5.58 Å². The molecule has 0 saturated carbocycles. The average Bonchev–Trinajstić information content (AvgIpc) is 2.94. The molecular formula is C20H22N2O2. The third-order valence-corrected chi connectivity index (χ3v) is 4.93. The van der Waals surface area contributed by atoms with Crippen LogP contribution in [0.2, 0.25) is 0 Å². The van der Waals surface area contributed by atoms with Crippen molar-refractivity contribution in [1.29, 1.82) is 0 Å². The molecule has 1 aliphatic heterocycles. The maximum atomic E-state index is 12.4. The lowest BCUT2D eigenvalue weighted by molar-refractivity contribution is 0.141. The van der Waals surface area contributed by atoms with Crippen molar-refractivity contribution in [1.82, 2.24) is 9.64 Å². The summed E-state index contributed by atoms with van der Waals surface area (Å²) >= 11 is 0. The monoisotopic (exact) mass is 322 g/mol. The summed E-state index contributed by atoms with van der Waals surface area (Å²) in [6.45, 7) is 3.86. The number of aromatic nitrogens is 1. The van der Waals surface area contributed by atoms with Gasteiger partial charge in [0.05, 0.1) is 11.9 Å². The van der Waals surface area contributed by atoms with Gasteiger partial charge in [-0.1, -0.05) is 42.5 Å². The van der Waals surface area contributed by atoms with Gasteiger partial charge in [-0.15, -0.1) is 0 Å². The molecule has 4 nitrogen and oxygen atoms in total. The second-order valence-electron chi connectivity index (χ2n) is 6.66. The number of nitrogens with zero attached hydrogens (tertiary/aromatic N) is 2. The standard InChI is InChI=1S/C20H22N2O2/c23-20-18-8-4-5-9-19(18)24-22(20)15-17-10-12-21(13-11-17)14-16-6-2-1-3-7-16/h1-9,17H,10-15H2. The lowest BCUT2D eigenvalue weighted by Crippen LogP contribution is -2.35. The number of likely N-dealkylation sites (tertiary alicyclic amines) is 1. The van der Waals surface area contributed by atoms with E-state index in [0.29, 0.717) is 23.4 Å². The number of rotatable bonds is 4. The van der Waals surface area contributed by atoms with Crippen LogP contribution in [0.1, 0.15) is 18.4 Å². The Kier molecular flexibility index (Phi) is 4.22. The summed E-state index contributed by atoms with van der Waals surface area (Å²) in [5.41, 5.74) is 2.05. The van der Waals surface area contributed by atoms with E-state index in [-0.39, 0.29) is 5.56 Å². The molecule has 4 heteroatoms. The third-order valence-electron chi connectivity index (χ3n) is 4.93. The minimum absolute atomic E-state index is 0.00249. The normalized spacial score (nSPS) is 16.7. The molecule has 2 aromatic carbocycles. The van der Waals surface area contributed by atoms with E-state index in [1.54, 1.807) is 4.74 Å². The van der Waals surface area contributed by atoms with Crippen LogP contribution in [-0.2, 0) is 13.1 Å². The zero-order valence-electron chi connectivity index (χ0n) is 13.7. The van der Waals surface area contributed by atoms with Crippen LogP contribution in [0.5, 0.6) is 0 Å². The highest BCUT2D eigenvalue weighted by atomic mass is 16.5. The molecule has 0 unspecified atom stereocenters. The Morgan fingerprint density at radius 3 is 2.42 bits per heavy atom. The molecule has 0 atom stereocenters. The second kappa shape index (κ2) is 6.65. The number of hydrogen-bond acceptors (Lipinski definition) is 3. The maximum Gasteiger partial charge on any atom is 0.290 e. The van der Waals surface area contributed by atoms with Gasteiger partial charge in [0, 0.05) is 6.54 Å². The van der Waals surface area contributed by atoms with Crippen molar-refractivity contribution >= 4 is 11.0 Å². The van der Waals surface area contributed by atoms with Gasteiger partial charge in [0.2, 0.25) is 0 Å². The van der Waals surface area contributed by atoms with E-state index < -0.39 is 0 Å². The minimum Gasteiger partial charge on any atom is -0.376 e.